The quantitative estimate of drug-likeness (QED) is 0.451. The maximum atomic E-state index is 4.32. The normalized spacial score (nSPS) is 11.0. The highest BCUT2D eigenvalue weighted by Gasteiger charge is 2.08. The van der Waals surface area contributed by atoms with Crippen molar-refractivity contribution < 1.29 is 0 Å². The zero-order valence-corrected chi connectivity index (χ0v) is 16.5. The number of nitrogens with one attached hydrogen (secondary N) is 1. The van der Waals surface area contributed by atoms with Crippen LogP contribution in [0.25, 0.3) is 0 Å². The van der Waals surface area contributed by atoms with Crippen LogP contribution < -0.4 is 5.32 Å². The van der Waals surface area contributed by atoms with Gasteiger partial charge in [-0.2, -0.15) is 5.10 Å². The third kappa shape index (κ3) is 5.49. The van der Waals surface area contributed by atoms with Crippen molar-refractivity contribution in [3.63, 3.8) is 0 Å². The SMILES string of the molecule is CCc1ccc(CN(C)C(=NC)NCc2ncnn2C)cc1.I. The molecular formula is C16H25IN6. The summed E-state index contributed by atoms with van der Waals surface area (Å²) in [5, 5.41) is 7.37. The minimum Gasteiger partial charge on any atom is -0.349 e. The maximum Gasteiger partial charge on any atom is 0.194 e. The summed E-state index contributed by atoms with van der Waals surface area (Å²) in [4.78, 5) is 10.6. The van der Waals surface area contributed by atoms with Crippen LogP contribution in [0.5, 0.6) is 0 Å². The van der Waals surface area contributed by atoms with Gasteiger partial charge in [-0.15, -0.1) is 24.0 Å². The fraction of sp³-hybridized carbons (Fsp3) is 0.438. The molecule has 0 saturated carbocycles. The van der Waals surface area contributed by atoms with E-state index in [4.69, 9.17) is 0 Å². The average molecular weight is 428 g/mol. The Kier molecular flexibility index (Phi) is 8.01. The van der Waals surface area contributed by atoms with Crippen LogP contribution in [0.4, 0.5) is 0 Å². The van der Waals surface area contributed by atoms with Gasteiger partial charge in [-0.25, -0.2) is 4.98 Å². The first-order chi connectivity index (χ1) is 10.6. The third-order valence-corrected chi connectivity index (χ3v) is 3.63. The minimum atomic E-state index is 0. The summed E-state index contributed by atoms with van der Waals surface area (Å²) in [6, 6.07) is 8.70. The van der Waals surface area contributed by atoms with Crippen LogP contribution in [0.1, 0.15) is 23.9 Å². The number of benzene rings is 1. The first-order valence-corrected chi connectivity index (χ1v) is 7.46. The average Bonchev–Trinajstić information content (AvgIpc) is 2.94. The van der Waals surface area contributed by atoms with Crippen molar-refractivity contribution in [1.82, 2.24) is 25.0 Å². The zero-order chi connectivity index (χ0) is 15.9. The number of hydrogen-bond acceptors (Lipinski definition) is 3. The maximum absolute atomic E-state index is 4.32. The summed E-state index contributed by atoms with van der Waals surface area (Å²) in [6.45, 7) is 3.57. The van der Waals surface area contributed by atoms with E-state index in [-0.39, 0.29) is 24.0 Å². The van der Waals surface area contributed by atoms with Gasteiger partial charge < -0.3 is 10.2 Å². The van der Waals surface area contributed by atoms with E-state index in [1.54, 1.807) is 18.1 Å². The summed E-state index contributed by atoms with van der Waals surface area (Å²) in [7, 11) is 5.70. The van der Waals surface area contributed by atoms with Crippen molar-refractivity contribution in [2.24, 2.45) is 12.0 Å². The molecule has 0 bridgehead atoms. The number of halogens is 1. The summed E-state index contributed by atoms with van der Waals surface area (Å²) in [5.74, 6) is 1.71. The lowest BCUT2D eigenvalue weighted by atomic mass is 10.1. The highest BCUT2D eigenvalue weighted by molar-refractivity contribution is 14.0. The molecule has 6 nitrogen and oxygen atoms in total. The smallest absolute Gasteiger partial charge is 0.194 e. The molecule has 0 fully saturated rings. The number of nitrogens with zero attached hydrogens (tertiary/aromatic N) is 5. The fourth-order valence-electron chi connectivity index (χ4n) is 2.25. The van der Waals surface area contributed by atoms with Crippen LogP contribution in [0.2, 0.25) is 0 Å². The molecule has 0 amide bonds. The number of aromatic nitrogens is 3. The van der Waals surface area contributed by atoms with Gasteiger partial charge in [0.25, 0.3) is 0 Å². The van der Waals surface area contributed by atoms with Crippen molar-refractivity contribution in [2.75, 3.05) is 14.1 Å². The molecule has 126 valence electrons. The highest BCUT2D eigenvalue weighted by atomic mass is 127. The molecule has 1 N–H and O–H groups in total. The fourth-order valence-corrected chi connectivity index (χ4v) is 2.25. The van der Waals surface area contributed by atoms with Crippen LogP contribution in [0.3, 0.4) is 0 Å². The molecule has 23 heavy (non-hydrogen) atoms. The molecule has 1 heterocycles. The van der Waals surface area contributed by atoms with Gasteiger partial charge in [0, 0.05) is 27.7 Å². The van der Waals surface area contributed by atoms with E-state index in [1.807, 2.05) is 14.1 Å². The molecule has 0 aliphatic heterocycles. The number of aliphatic imine (C=N–C) groups is 1. The van der Waals surface area contributed by atoms with E-state index in [2.05, 4.69) is 56.5 Å². The van der Waals surface area contributed by atoms with Crippen molar-refractivity contribution in [2.45, 2.75) is 26.4 Å². The first kappa shape index (κ1) is 19.4. The van der Waals surface area contributed by atoms with Crippen molar-refractivity contribution in [3.05, 3.63) is 47.5 Å². The molecule has 7 heteroatoms. The summed E-state index contributed by atoms with van der Waals surface area (Å²) >= 11 is 0. The number of hydrogen-bond donors (Lipinski definition) is 1. The molecule has 2 aromatic rings. The van der Waals surface area contributed by atoms with Gasteiger partial charge in [-0.3, -0.25) is 9.67 Å². The number of guanidine groups is 1. The van der Waals surface area contributed by atoms with Gasteiger partial charge in [0.1, 0.15) is 12.2 Å². The minimum absolute atomic E-state index is 0. The lowest BCUT2D eigenvalue weighted by Crippen LogP contribution is -2.38. The van der Waals surface area contributed by atoms with Crippen molar-refractivity contribution in [3.8, 4) is 0 Å². The van der Waals surface area contributed by atoms with E-state index < -0.39 is 0 Å². The molecule has 1 aromatic carbocycles. The Bertz CT molecular complexity index is 620. The second-order valence-corrected chi connectivity index (χ2v) is 5.23. The Morgan fingerprint density at radius 1 is 1.26 bits per heavy atom. The van der Waals surface area contributed by atoms with E-state index in [9.17, 15) is 0 Å². The Balaban J connectivity index is 0.00000264. The Labute approximate surface area is 155 Å². The molecular weight excluding hydrogens is 403 g/mol. The molecule has 1 aromatic heterocycles. The van der Waals surface area contributed by atoms with Gasteiger partial charge in [0.2, 0.25) is 0 Å². The van der Waals surface area contributed by atoms with Crippen LogP contribution in [0, 0.1) is 0 Å². The molecule has 0 radical (unpaired) electrons. The van der Waals surface area contributed by atoms with Crippen molar-refractivity contribution in [1.29, 1.82) is 0 Å². The van der Waals surface area contributed by atoms with Gasteiger partial charge in [-0.05, 0) is 17.5 Å². The molecule has 0 spiro atoms. The largest absolute Gasteiger partial charge is 0.349 e. The highest BCUT2D eigenvalue weighted by Crippen LogP contribution is 2.07. The second kappa shape index (κ2) is 9.49. The summed E-state index contributed by atoms with van der Waals surface area (Å²) in [5.41, 5.74) is 2.62. The number of rotatable bonds is 5. The van der Waals surface area contributed by atoms with E-state index in [0.717, 1.165) is 24.7 Å². The summed E-state index contributed by atoms with van der Waals surface area (Å²) < 4.78 is 1.75. The van der Waals surface area contributed by atoms with Gasteiger partial charge in [-0.1, -0.05) is 31.2 Å². The number of aryl methyl sites for hydroxylation is 2. The Morgan fingerprint density at radius 3 is 2.43 bits per heavy atom. The lowest BCUT2D eigenvalue weighted by molar-refractivity contribution is 0.474. The van der Waals surface area contributed by atoms with E-state index in [1.165, 1.54) is 11.1 Å². The van der Waals surface area contributed by atoms with E-state index >= 15 is 0 Å². The van der Waals surface area contributed by atoms with E-state index in [0.29, 0.717) is 6.54 Å². The lowest BCUT2D eigenvalue weighted by Gasteiger charge is -2.22. The topological polar surface area (TPSA) is 58.3 Å². The molecule has 0 aliphatic carbocycles. The van der Waals surface area contributed by atoms with Crippen LogP contribution in [-0.2, 0) is 26.6 Å². The molecule has 0 aliphatic rings. The zero-order valence-electron chi connectivity index (χ0n) is 14.2. The predicted molar refractivity (Wildman–Crippen MR) is 104 cm³/mol. The van der Waals surface area contributed by atoms with Crippen molar-refractivity contribution >= 4 is 29.9 Å². The third-order valence-electron chi connectivity index (χ3n) is 3.63. The van der Waals surface area contributed by atoms with Gasteiger partial charge >= 0.3 is 0 Å². The monoisotopic (exact) mass is 428 g/mol. The molecule has 0 unspecified atom stereocenters. The van der Waals surface area contributed by atoms with Gasteiger partial charge in [0.15, 0.2) is 5.96 Å². The molecule has 0 saturated heterocycles. The van der Waals surface area contributed by atoms with Crippen LogP contribution in [0.15, 0.2) is 35.6 Å². The Hall–Kier alpha value is -1.64. The standard InChI is InChI=1S/C16H24N6.HI/c1-5-13-6-8-14(9-7-13)11-21(3)16(17-2)18-10-15-19-12-20-22(15)4;/h6-9,12H,5,10-11H2,1-4H3,(H,17,18);1H. The predicted octanol–water partition coefficient (Wildman–Crippen LogP) is 2.20. The van der Waals surface area contributed by atoms with Crippen LogP contribution in [-0.4, -0.2) is 39.7 Å². The molecule has 0 atom stereocenters. The molecule has 2 rings (SSSR count). The Morgan fingerprint density at radius 2 is 1.91 bits per heavy atom. The van der Waals surface area contributed by atoms with Gasteiger partial charge in [0.05, 0.1) is 6.54 Å². The summed E-state index contributed by atoms with van der Waals surface area (Å²) in [6.07, 6.45) is 2.62. The van der Waals surface area contributed by atoms with Crippen LogP contribution >= 0.6 is 24.0 Å². The second-order valence-electron chi connectivity index (χ2n) is 5.23. The first-order valence-electron chi connectivity index (χ1n) is 7.46.